The first-order chi connectivity index (χ1) is 9.99. The molecule has 0 radical (unpaired) electrons. The Balaban J connectivity index is 2.89. The summed E-state index contributed by atoms with van der Waals surface area (Å²) in [5, 5.41) is 0. The Morgan fingerprint density at radius 1 is 1.43 bits per heavy atom. The van der Waals surface area contributed by atoms with Gasteiger partial charge < -0.3 is 5.73 Å². The van der Waals surface area contributed by atoms with Crippen LogP contribution in [0.5, 0.6) is 0 Å². The average molecular weight is 287 g/mol. The molecule has 0 fully saturated rings. The van der Waals surface area contributed by atoms with Crippen molar-refractivity contribution in [3.8, 4) is 0 Å². The van der Waals surface area contributed by atoms with E-state index in [4.69, 9.17) is 5.73 Å². The maximum absolute atomic E-state index is 6.22. The number of rotatable bonds is 5. The van der Waals surface area contributed by atoms with Crippen molar-refractivity contribution < 1.29 is 4.57 Å². The van der Waals surface area contributed by atoms with E-state index in [1.54, 1.807) is 7.05 Å². The van der Waals surface area contributed by atoms with Gasteiger partial charge in [0.2, 0.25) is 12.2 Å². The summed E-state index contributed by atoms with van der Waals surface area (Å²) in [4.78, 5) is 4.29. The number of allylic oxidation sites excluding steroid dienone is 6. The van der Waals surface area contributed by atoms with Gasteiger partial charge in [-0.2, -0.15) is 4.57 Å². The van der Waals surface area contributed by atoms with Crippen molar-refractivity contribution in [3.63, 3.8) is 0 Å². The first-order valence-corrected chi connectivity index (χ1v) is 7.31. The van der Waals surface area contributed by atoms with Crippen LogP contribution in [0.1, 0.15) is 27.2 Å². The SMILES string of the molecule is CCC(C)\C=C/C=C\C(C)=C(/N)C(=NC)n1cc[n+](C)c1. The zero-order valence-electron chi connectivity index (χ0n) is 13.7. The van der Waals surface area contributed by atoms with Gasteiger partial charge in [0.1, 0.15) is 18.1 Å². The van der Waals surface area contributed by atoms with E-state index in [0.29, 0.717) is 11.6 Å². The standard InChI is InChI=1S/C17H27N4/c1-6-14(2)9-7-8-10-15(3)16(18)17(19-4)21-12-11-20(5)13-21/h7-14H,6,18H2,1-5H3/q+1/b9-7-,10-8-,16-15-,19-17?. The van der Waals surface area contributed by atoms with Crippen molar-refractivity contribution in [1.29, 1.82) is 0 Å². The molecule has 1 unspecified atom stereocenters. The highest BCUT2D eigenvalue weighted by Gasteiger charge is 2.13. The smallest absolute Gasteiger partial charge is 0.250 e. The van der Waals surface area contributed by atoms with Gasteiger partial charge in [-0.05, 0) is 18.4 Å². The molecule has 114 valence electrons. The molecule has 2 N–H and O–H groups in total. The summed E-state index contributed by atoms with van der Waals surface area (Å²) in [7, 11) is 3.72. The molecule has 1 aromatic heterocycles. The van der Waals surface area contributed by atoms with E-state index in [2.05, 4.69) is 31.0 Å². The highest BCUT2D eigenvalue weighted by atomic mass is 15.1. The van der Waals surface area contributed by atoms with E-state index >= 15 is 0 Å². The first kappa shape index (κ1) is 17.0. The topological polar surface area (TPSA) is 47.2 Å². The summed E-state index contributed by atoms with van der Waals surface area (Å²) >= 11 is 0. The minimum absolute atomic E-state index is 0.601. The van der Waals surface area contributed by atoms with Crippen LogP contribution in [0.2, 0.25) is 0 Å². The molecule has 0 saturated heterocycles. The Kier molecular flexibility index (Phi) is 6.66. The minimum atomic E-state index is 0.601. The van der Waals surface area contributed by atoms with Crippen LogP contribution in [0.15, 0.2) is 59.3 Å². The van der Waals surface area contributed by atoms with E-state index in [9.17, 15) is 0 Å². The molecule has 0 amide bonds. The predicted octanol–water partition coefficient (Wildman–Crippen LogP) is 2.58. The molecule has 4 heteroatoms. The normalized spacial score (nSPS) is 15.8. The molecule has 0 aromatic carbocycles. The van der Waals surface area contributed by atoms with Crippen molar-refractivity contribution in [2.24, 2.45) is 23.7 Å². The van der Waals surface area contributed by atoms with Gasteiger partial charge in [0.15, 0.2) is 0 Å². The van der Waals surface area contributed by atoms with Crippen molar-refractivity contribution in [2.75, 3.05) is 7.05 Å². The first-order valence-electron chi connectivity index (χ1n) is 7.31. The van der Waals surface area contributed by atoms with Gasteiger partial charge in [-0.25, -0.2) is 9.56 Å². The van der Waals surface area contributed by atoms with Crippen LogP contribution in [0, 0.1) is 5.92 Å². The van der Waals surface area contributed by atoms with Gasteiger partial charge in [0.25, 0.3) is 0 Å². The van der Waals surface area contributed by atoms with Gasteiger partial charge in [0, 0.05) is 7.05 Å². The fraction of sp³-hybridized carbons (Fsp3) is 0.412. The van der Waals surface area contributed by atoms with Crippen LogP contribution in [0.25, 0.3) is 0 Å². The van der Waals surface area contributed by atoms with E-state index in [1.165, 1.54) is 0 Å². The second-order valence-electron chi connectivity index (χ2n) is 5.26. The average Bonchev–Trinajstić information content (AvgIpc) is 2.89. The van der Waals surface area contributed by atoms with E-state index in [-0.39, 0.29) is 0 Å². The van der Waals surface area contributed by atoms with Crippen LogP contribution in [0.4, 0.5) is 0 Å². The molecule has 0 saturated carbocycles. The maximum atomic E-state index is 6.22. The minimum Gasteiger partial charge on any atom is -0.394 e. The molecule has 1 atom stereocenters. The molecular weight excluding hydrogens is 260 g/mol. The summed E-state index contributed by atoms with van der Waals surface area (Å²) in [6.45, 7) is 6.38. The summed E-state index contributed by atoms with van der Waals surface area (Å²) in [6, 6.07) is 0. The molecule has 0 bridgehead atoms. The fourth-order valence-electron chi connectivity index (χ4n) is 1.81. The molecular formula is C17H27N4+. The molecule has 1 aromatic rings. The van der Waals surface area contributed by atoms with Crippen molar-refractivity contribution in [3.05, 3.63) is 54.3 Å². The third kappa shape index (κ3) is 5.06. The lowest BCUT2D eigenvalue weighted by Gasteiger charge is -2.04. The number of hydrogen-bond acceptors (Lipinski definition) is 2. The molecule has 1 rings (SSSR count). The molecule has 0 aliphatic heterocycles. The van der Waals surface area contributed by atoms with Gasteiger partial charge in [-0.3, -0.25) is 0 Å². The second kappa shape index (κ2) is 8.25. The highest BCUT2D eigenvalue weighted by Crippen LogP contribution is 2.06. The number of aromatic nitrogens is 2. The monoisotopic (exact) mass is 287 g/mol. The van der Waals surface area contributed by atoms with E-state index < -0.39 is 0 Å². The Morgan fingerprint density at radius 3 is 2.67 bits per heavy atom. The molecule has 1 heterocycles. The van der Waals surface area contributed by atoms with Crippen LogP contribution in [0.3, 0.4) is 0 Å². The lowest BCUT2D eigenvalue weighted by Crippen LogP contribution is -2.27. The molecule has 21 heavy (non-hydrogen) atoms. The molecule has 0 spiro atoms. The van der Waals surface area contributed by atoms with Gasteiger partial charge in [-0.15, -0.1) is 0 Å². The Bertz CT molecular complexity index is 573. The summed E-state index contributed by atoms with van der Waals surface area (Å²) in [5.74, 6) is 1.35. The zero-order chi connectivity index (χ0) is 15.8. The largest absolute Gasteiger partial charge is 0.394 e. The van der Waals surface area contributed by atoms with Crippen LogP contribution < -0.4 is 10.3 Å². The fourth-order valence-corrected chi connectivity index (χ4v) is 1.81. The Labute approximate surface area is 128 Å². The number of nitrogens with two attached hydrogens (primary N) is 1. The third-order valence-electron chi connectivity index (χ3n) is 3.43. The third-order valence-corrected chi connectivity index (χ3v) is 3.43. The van der Waals surface area contributed by atoms with Gasteiger partial charge in [0.05, 0.1) is 7.05 Å². The number of hydrogen-bond donors (Lipinski definition) is 1. The van der Waals surface area contributed by atoms with Crippen molar-refractivity contribution in [1.82, 2.24) is 4.57 Å². The number of imidazole rings is 1. The Morgan fingerprint density at radius 2 is 2.14 bits per heavy atom. The highest BCUT2D eigenvalue weighted by molar-refractivity contribution is 5.99. The summed E-state index contributed by atoms with van der Waals surface area (Å²) in [5.41, 5.74) is 7.91. The zero-order valence-corrected chi connectivity index (χ0v) is 13.7. The summed E-state index contributed by atoms with van der Waals surface area (Å²) in [6.07, 6.45) is 15.3. The van der Waals surface area contributed by atoms with Crippen LogP contribution >= 0.6 is 0 Å². The van der Waals surface area contributed by atoms with Crippen LogP contribution in [-0.2, 0) is 7.05 Å². The van der Waals surface area contributed by atoms with E-state index in [1.807, 2.05) is 54.0 Å². The number of aliphatic imine (C=N–C) groups is 1. The van der Waals surface area contributed by atoms with Gasteiger partial charge in [-0.1, -0.05) is 44.6 Å². The molecule has 0 aliphatic rings. The van der Waals surface area contributed by atoms with Crippen molar-refractivity contribution >= 4 is 5.84 Å². The molecule has 4 nitrogen and oxygen atoms in total. The number of nitrogens with zero attached hydrogens (tertiary/aromatic N) is 3. The second-order valence-corrected chi connectivity index (χ2v) is 5.26. The van der Waals surface area contributed by atoms with Gasteiger partial charge >= 0.3 is 0 Å². The lowest BCUT2D eigenvalue weighted by molar-refractivity contribution is -0.670. The Hall–Kier alpha value is -2.10. The van der Waals surface area contributed by atoms with E-state index in [0.717, 1.165) is 17.8 Å². The molecule has 0 aliphatic carbocycles. The lowest BCUT2D eigenvalue weighted by atomic mass is 10.1. The number of aryl methyl sites for hydroxylation is 1. The maximum Gasteiger partial charge on any atom is 0.250 e. The quantitative estimate of drug-likeness (QED) is 0.385. The predicted molar refractivity (Wildman–Crippen MR) is 89.0 cm³/mol. The summed E-state index contributed by atoms with van der Waals surface area (Å²) < 4.78 is 3.88. The van der Waals surface area contributed by atoms with Crippen molar-refractivity contribution in [2.45, 2.75) is 27.2 Å². The van der Waals surface area contributed by atoms with Crippen LogP contribution in [-0.4, -0.2) is 17.5 Å².